The number of nitrogens with one attached hydrogen (secondary N) is 1. The molecule has 0 unspecified atom stereocenters. The van der Waals surface area contributed by atoms with Crippen molar-refractivity contribution in [2.24, 2.45) is 0 Å². The molecule has 0 spiro atoms. The fraction of sp³-hybridized carbons (Fsp3) is 0.409. The third kappa shape index (κ3) is 4.69. The minimum Gasteiger partial charge on any atom is -0.443 e. The number of anilines is 2. The molecule has 0 bridgehead atoms. The molecule has 0 saturated carbocycles. The van der Waals surface area contributed by atoms with Crippen molar-refractivity contribution in [3.63, 3.8) is 0 Å². The number of nitrogens with zero attached hydrogens (tertiary/aromatic N) is 2. The molecule has 160 valence electrons. The second kappa shape index (κ2) is 9.20. The Labute approximate surface area is 180 Å². The number of carbonyl (C=O) groups excluding carboxylic acids is 1. The van der Waals surface area contributed by atoms with Gasteiger partial charge in [-0.1, -0.05) is 23.7 Å². The molecule has 0 aromatic heterocycles. The van der Waals surface area contributed by atoms with Crippen LogP contribution in [0.3, 0.4) is 0 Å². The largest absolute Gasteiger partial charge is 0.443 e. The summed E-state index contributed by atoms with van der Waals surface area (Å²) in [6.07, 6.45) is -0.770. The van der Waals surface area contributed by atoms with E-state index >= 15 is 0 Å². The molecule has 2 aromatic rings. The van der Waals surface area contributed by atoms with Gasteiger partial charge in [0.1, 0.15) is 11.9 Å². The Bertz CT molecular complexity index is 890. The third-order valence-corrected chi connectivity index (χ3v) is 5.74. The molecule has 0 radical (unpaired) electrons. The lowest BCUT2D eigenvalue weighted by Crippen LogP contribution is -2.36. The second-order valence-corrected chi connectivity index (χ2v) is 7.97. The summed E-state index contributed by atoms with van der Waals surface area (Å²) >= 11 is 5.93. The highest BCUT2D eigenvalue weighted by Crippen LogP contribution is 2.28. The molecule has 0 aliphatic carbocycles. The first-order chi connectivity index (χ1) is 14.5. The fourth-order valence-corrected chi connectivity index (χ4v) is 3.87. The molecule has 2 atom stereocenters. The summed E-state index contributed by atoms with van der Waals surface area (Å²) in [5, 5.41) is 4.07. The molecule has 2 heterocycles. The number of halogens is 2. The average Bonchev–Trinajstić information content (AvgIpc) is 3.13. The topological polar surface area (TPSA) is 54.0 Å². The molecule has 30 heavy (non-hydrogen) atoms. The Kier molecular flexibility index (Phi) is 6.41. The highest BCUT2D eigenvalue weighted by molar-refractivity contribution is 6.30. The van der Waals surface area contributed by atoms with Crippen LogP contribution in [0.15, 0.2) is 42.5 Å². The van der Waals surface area contributed by atoms with Gasteiger partial charge in [0.2, 0.25) is 0 Å². The summed E-state index contributed by atoms with van der Waals surface area (Å²) in [5.41, 5.74) is 2.13. The summed E-state index contributed by atoms with van der Waals surface area (Å²) in [6.45, 7) is 5.39. The maximum Gasteiger partial charge on any atom is 0.414 e. The molecule has 2 aromatic carbocycles. The normalized spacial score (nSPS) is 20.4. The maximum absolute atomic E-state index is 14.7. The van der Waals surface area contributed by atoms with Crippen LogP contribution >= 0.6 is 11.6 Å². The number of carbonyl (C=O) groups is 1. The Hall–Kier alpha value is -2.35. The van der Waals surface area contributed by atoms with Crippen molar-refractivity contribution >= 4 is 29.1 Å². The fourth-order valence-electron chi connectivity index (χ4n) is 3.74. The zero-order valence-corrected chi connectivity index (χ0v) is 17.6. The Balaban J connectivity index is 1.36. The predicted octanol–water partition coefficient (Wildman–Crippen LogP) is 3.99. The van der Waals surface area contributed by atoms with E-state index in [0.717, 1.165) is 5.56 Å². The van der Waals surface area contributed by atoms with E-state index in [1.165, 1.54) is 11.0 Å². The van der Waals surface area contributed by atoms with Gasteiger partial charge in [0.15, 0.2) is 0 Å². The molecule has 1 amide bonds. The summed E-state index contributed by atoms with van der Waals surface area (Å²) in [5.74, 6) is -0.347. The van der Waals surface area contributed by atoms with Gasteiger partial charge in [-0.15, -0.1) is 0 Å². The molecule has 6 nitrogen and oxygen atoms in total. The maximum atomic E-state index is 14.7. The Morgan fingerprint density at radius 1 is 1.20 bits per heavy atom. The first kappa shape index (κ1) is 20.9. The van der Waals surface area contributed by atoms with E-state index in [9.17, 15) is 9.18 Å². The number of benzene rings is 2. The van der Waals surface area contributed by atoms with Crippen LogP contribution < -0.4 is 15.1 Å². The van der Waals surface area contributed by atoms with Crippen LogP contribution in [-0.4, -0.2) is 51.6 Å². The van der Waals surface area contributed by atoms with Crippen LogP contribution in [0.1, 0.15) is 18.5 Å². The number of hydrogen-bond acceptors (Lipinski definition) is 5. The van der Waals surface area contributed by atoms with E-state index in [-0.39, 0.29) is 18.0 Å². The number of morpholine rings is 1. The summed E-state index contributed by atoms with van der Waals surface area (Å²) in [6, 6.07) is 12.6. The molecule has 2 saturated heterocycles. The number of amides is 1. The zero-order valence-electron chi connectivity index (χ0n) is 16.8. The molecule has 2 aliphatic rings. The van der Waals surface area contributed by atoms with Gasteiger partial charge in [-0.25, -0.2) is 9.18 Å². The minimum absolute atomic E-state index is 0.0836. The van der Waals surface area contributed by atoms with Crippen molar-refractivity contribution in [2.45, 2.75) is 19.1 Å². The number of rotatable bonds is 6. The highest BCUT2D eigenvalue weighted by atomic mass is 35.5. The van der Waals surface area contributed by atoms with Gasteiger partial charge < -0.3 is 19.7 Å². The number of ether oxygens (including phenoxy) is 2. The number of cyclic esters (lactones) is 1. The van der Waals surface area contributed by atoms with Gasteiger partial charge in [0.05, 0.1) is 31.1 Å². The van der Waals surface area contributed by atoms with Gasteiger partial charge in [0.25, 0.3) is 0 Å². The van der Waals surface area contributed by atoms with Gasteiger partial charge in [0, 0.05) is 30.7 Å². The van der Waals surface area contributed by atoms with Crippen molar-refractivity contribution in [2.75, 3.05) is 49.2 Å². The van der Waals surface area contributed by atoms with Crippen LogP contribution in [-0.2, 0) is 9.47 Å². The molecule has 2 aliphatic heterocycles. The van der Waals surface area contributed by atoms with Crippen LogP contribution in [0.2, 0.25) is 5.02 Å². The SMILES string of the molecule is C[C@H](NC[C@@H]1CN(c2ccc(N3CCOCC3)c(F)c2)C(=O)O1)c1ccc(Cl)cc1. The monoisotopic (exact) mass is 433 g/mol. The standard InChI is InChI=1S/C22H25ClFN3O3/c1-15(16-2-4-17(23)5-3-16)25-13-19-14-27(22(28)30-19)18-6-7-21(20(24)12-18)26-8-10-29-11-9-26/h2-7,12,15,19,25H,8-11,13-14H2,1H3/t15-,19+/m0/s1. The molecule has 1 N–H and O–H groups in total. The van der Waals surface area contributed by atoms with Gasteiger partial charge >= 0.3 is 6.09 Å². The van der Waals surface area contributed by atoms with Gasteiger partial charge in [-0.2, -0.15) is 0 Å². The van der Waals surface area contributed by atoms with Crippen molar-refractivity contribution in [3.8, 4) is 0 Å². The highest BCUT2D eigenvalue weighted by Gasteiger charge is 2.33. The van der Waals surface area contributed by atoms with E-state index in [0.29, 0.717) is 55.8 Å². The zero-order chi connectivity index (χ0) is 21.1. The van der Waals surface area contributed by atoms with E-state index < -0.39 is 6.09 Å². The van der Waals surface area contributed by atoms with Crippen molar-refractivity contribution in [1.82, 2.24) is 5.32 Å². The average molecular weight is 434 g/mol. The van der Waals surface area contributed by atoms with Crippen LogP contribution in [0, 0.1) is 5.82 Å². The smallest absolute Gasteiger partial charge is 0.414 e. The quantitative estimate of drug-likeness (QED) is 0.746. The lowest BCUT2D eigenvalue weighted by atomic mass is 10.1. The summed E-state index contributed by atoms with van der Waals surface area (Å²) in [7, 11) is 0. The first-order valence-corrected chi connectivity index (χ1v) is 10.5. The Morgan fingerprint density at radius 2 is 1.93 bits per heavy atom. The number of hydrogen-bond donors (Lipinski definition) is 1. The van der Waals surface area contributed by atoms with Crippen molar-refractivity contribution in [1.29, 1.82) is 0 Å². The third-order valence-electron chi connectivity index (χ3n) is 5.49. The van der Waals surface area contributed by atoms with E-state index in [1.807, 2.05) is 36.1 Å². The van der Waals surface area contributed by atoms with Crippen molar-refractivity contribution < 1.29 is 18.7 Å². The molecular formula is C22H25ClFN3O3. The molecule has 8 heteroatoms. The van der Waals surface area contributed by atoms with Gasteiger partial charge in [-0.05, 0) is 42.8 Å². The van der Waals surface area contributed by atoms with Crippen LogP contribution in [0.5, 0.6) is 0 Å². The minimum atomic E-state index is -0.459. The van der Waals surface area contributed by atoms with E-state index in [4.69, 9.17) is 21.1 Å². The second-order valence-electron chi connectivity index (χ2n) is 7.53. The Morgan fingerprint density at radius 3 is 2.63 bits per heavy atom. The first-order valence-electron chi connectivity index (χ1n) is 10.1. The predicted molar refractivity (Wildman–Crippen MR) is 115 cm³/mol. The lowest BCUT2D eigenvalue weighted by Gasteiger charge is -2.29. The molecule has 2 fully saturated rings. The molecule has 4 rings (SSSR count). The van der Waals surface area contributed by atoms with Crippen LogP contribution in [0.4, 0.5) is 20.6 Å². The summed E-state index contributed by atoms with van der Waals surface area (Å²) in [4.78, 5) is 15.8. The van der Waals surface area contributed by atoms with Gasteiger partial charge in [-0.3, -0.25) is 4.90 Å². The van der Waals surface area contributed by atoms with Crippen LogP contribution in [0.25, 0.3) is 0 Å². The lowest BCUT2D eigenvalue weighted by molar-refractivity contribution is 0.122. The summed E-state index contributed by atoms with van der Waals surface area (Å²) < 4.78 is 25.5. The van der Waals surface area contributed by atoms with E-state index in [1.54, 1.807) is 12.1 Å². The van der Waals surface area contributed by atoms with Crippen molar-refractivity contribution in [3.05, 3.63) is 58.9 Å². The van der Waals surface area contributed by atoms with E-state index in [2.05, 4.69) is 5.32 Å². The molecular weight excluding hydrogens is 409 g/mol.